The summed E-state index contributed by atoms with van der Waals surface area (Å²) in [5.74, 6) is 0.109. The fourth-order valence-corrected chi connectivity index (χ4v) is 3.67. The highest BCUT2D eigenvalue weighted by Crippen LogP contribution is 2.39. The van der Waals surface area contributed by atoms with E-state index in [2.05, 4.69) is 12.2 Å². The van der Waals surface area contributed by atoms with Gasteiger partial charge in [-0.2, -0.15) is 0 Å². The molecule has 1 saturated heterocycles. The van der Waals surface area contributed by atoms with Crippen molar-refractivity contribution < 1.29 is 5.11 Å². The smallest absolute Gasteiger partial charge is 0.119 e. The van der Waals surface area contributed by atoms with Crippen molar-refractivity contribution in [3.63, 3.8) is 0 Å². The summed E-state index contributed by atoms with van der Waals surface area (Å²) in [6.07, 6.45) is 3.60. The van der Waals surface area contributed by atoms with E-state index in [0.717, 1.165) is 24.1 Å². The molecule has 2 heteroatoms. The van der Waals surface area contributed by atoms with E-state index >= 15 is 0 Å². The van der Waals surface area contributed by atoms with Crippen molar-refractivity contribution in [2.75, 3.05) is 6.54 Å². The molecule has 2 nitrogen and oxygen atoms in total. The third-order valence-corrected chi connectivity index (χ3v) is 5.04. The molecule has 1 aliphatic rings. The Morgan fingerprint density at radius 3 is 1.95 bits per heavy atom. The van der Waals surface area contributed by atoms with E-state index in [1.165, 1.54) is 12.8 Å². The molecule has 22 heavy (non-hydrogen) atoms. The minimum atomic E-state index is -0.961. The summed E-state index contributed by atoms with van der Waals surface area (Å²) in [4.78, 5) is 0. The molecule has 0 bridgehead atoms. The Bertz CT molecular complexity index is 536. The molecule has 2 N–H and O–H groups in total. The maximum absolute atomic E-state index is 11.7. The predicted molar refractivity (Wildman–Crippen MR) is 90.7 cm³/mol. The number of rotatable bonds is 4. The molecule has 0 radical (unpaired) electrons. The lowest BCUT2D eigenvalue weighted by atomic mass is 9.72. The van der Waals surface area contributed by atoms with Gasteiger partial charge in [0.05, 0.1) is 0 Å². The average molecular weight is 295 g/mol. The van der Waals surface area contributed by atoms with Gasteiger partial charge in [0.1, 0.15) is 5.60 Å². The molecule has 116 valence electrons. The van der Waals surface area contributed by atoms with E-state index < -0.39 is 5.60 Å². The molecular formula is C20H25NO. The van der Waals surface area contributed by atoms with Crippen molar-refractivity contribution in [1.29, 1.82) is 0 Å². The fraction of sp³-hybridized carbons (Fsp3) is 0.400. The maximum atomic E-state index is 11.7. The minimum absolute atomic E-state index is 0.109. The topological polar surface area (TPSA) is 32.3 Å². The summed E-state index contributed by atoms with van der Waals surface area (Å²) in [6.45, 7) is 3.22. The summed E-state index contributed by atoms with van der Waals surface area (Å²) in [6, 6.07) is 20.5. The van der Waals surface area contributed by atoms with Gasteiger partial charge < -0.3 is 10.4 Å². The van der Waals surface area contributed by atoms with Crippen LogP contribution in [0.2, 0.25) is 0 Å². The Morgan fingerprint density at radius 2 is 1.50 bits per heavy atom. The number of piperidine rings is 1. The van der Waals surface area contributed by atoms with Gasteiger partial charge in [0, 0.05) is 12.0 Å². The Balaban J connectivity index is 2.03. The van der Waals surface area contributed by atoms with Crippen LogP contribution in [0.1, 0.15) is 37.3 Å². The molecule has 2 aromatic rings. The largest absolute Gasteiger partial charge is 0.380 e. The molecule has 0 aromatic heterocycles. The molecule has 2 unspecified atom stereocenters. The van der Waals surface area contributed by atoms with E-state index in [1.54, 1.807) is 0 Å². The normalized spacial score (nSPS) is 20.5. The Kier molecular flexibility index (Phi) is 4.60. The Hall–Kier alpha value is -1.64. The molecule has 2 atom stereocenters. The van der Waals surface area contributed by atoms with Crippen LogP contribution in [0.25, 0.3) is 0 Å². The van der Waals surface area contributed by atoms with Crippen molar-refractivity contribution in [2.45, 2.75) is 37.8 Å². The van der Waals surface area contributed by atoms with Crippen molar-refractivity contribution >= 4 is 0 Å². The highest BCUT2D eigenvalue weighted by molar-refractivity contribution is 5.37. The van der Waals surface area contributed by atoms with Gasteiger partial charge in [0.15, 0.2) is 0 Å². The van der Waals surface area contributed by atoms with Gasteiger partial charge in [0.2, 0.25) is 0 Å². The van der Waals surface area contributed by atoms with Gasteiger partial charge in [-0.3, -0.25) is 0 Å². The summed E-state index contributed by atoms with van der Waals surface area (Å²) in [5, 5.41) is 15.3. The van der Waals surface area contributed by atoms with Gasteiger partial charge in [-0.25, -0.2) is 0 Å². The van der Waals surface area contributed by atoms with Crippen molar-refractivity contribution in [3.05, 3.63) is 71.8 Å². The number of aliphatic hydroxyl groups is 1. The number of nitrogens with one attached hydrogen (secondary N) is 1. The lowest BCUT2D eigenvalue weighted by Crippen LogP contribution is -2.49. The lowest BCUT2D eigenvalue weighted by molar-refractivity contribution is 0.00241. The molecule has 0 saturated carbocycles. The molecule has 2 aromatic carbocycles. The molecule has 3 rings (SSSR count). The standard InChI is InChI=1S/C20H25NO/c1-16(19-14-8-9-15-21-19)20(22,17-10-4-2-5-11-17)18-12-6-3-7-13-18/h2-7,10-13,16,19,21-22H,8-9,14-15H2,1H3. The molecule has 1 heterocycles. The molecule has 0 aliphatic carbocycles. The summed E-state index contributed by atoms with van der Waals surface area (Å²) in [5.41, 5.74) is 0.986. The van der Waals surface area contributed by atoms with Crippen LogP contribution >= 0.6 is 0 Å². The summed E-state index contributed by atoms with van der Waals surface area (Å²) < 4.78 is 0. The number of benzene rings is 2. The molecule has 1 aliphatic heterocycles. The third kappa shape index (κ3) is 2.81. The Labute approximate surface area is 133 Å². The summed E-state index contributed by atoms with van der Waals surface area (Å²) >= 11 is 0. The van der Waals surface area contributed by atoms with E-state index in [4.69, 9.17) is 0 Å². The Morgan fingerprint density at radius 1 is 0.955 bits per heavy atom. The monoisotopic (exact) mass is 295 g/mol. The van der Waals surface area contributed by atoms with E-state index in [0.29, 0.717) is 6.04 Å². The van der Waals surface area contributed by atoms with Crippen LogP contribution in [-0.4, -0.2) is 17.7 Å². The zero-order chi connectivity index (χ0) is 15.4. The van der Waals surface area contributed by atoms with Crippen molar-refractivity contribution in [2.24, 2.45) is 5.92 Å². The second kappa shape index (κ2) is 6.64. The van der Waals surface area contributed by atoms with Crippen LogP contribution in [0.4, 0.5) is 0 Å². The minimum Gasteiger partial charge on any atom is -0.380 e. The average Bonchev–Trinajstić information content (AvgIpc) is 2.62. The predicted octanol–water partition coefficient (Wildman–Crippen LogP) is 3.70. The number of hydrogen-bond donors (Lipinski definition) is 2. The highest BCUT2D eigenvalue weighted by atomic mass is 16.3. The zero-order valence-corrected chi connectivity index (χ0v) is 13.2. The van der Waals surface area contributed by atoms with Crippen molar-refractivity contribution in [1.82, 2.24) is 5.32 Å². The SMILES string of the molecule is CC(C1CCCCN1)C(O)(c1ccccc1)c1ccccc1. The van der Waals surface area contributed by atoms with Crippen LogP contribution in [0, 0.1) is 5.92 Å². The van der Waals surface area contributed by atoms with Gasteiger partial charge in [-0.05, 0) is 30.5 Å². The molecular weight excluding hydrogens is 270 g/mol. The van der Waals surface area contributed by atoms with Crippen LogP contribution in [0.15, 0.2) is 60.7 Å². The van der Waals surface area contributed by atoms with Crippen LogP contribution in [-0.2, 0) is 5.60 Å². The van der Waals surface area contributed by atoms with Crippen LogP contribution in [0.3, 0.4) is 0 Å². The van der Waals surface area contributed by atoms with E-state index in [1.807, 2.05) is 60.7 Å². The van der Waals surface area contributed by atoms with Gasteiger partial charge in [-0.1, -0.05) is 74.0 Å². The van der Waals surface area contributed by atoms with Gasteiger partial charge in [-0.15, -0.1) is 0 Å². The van der Waals surface area contributed by atoms with Gasteiger partial charge in [0.25, 0.3) is 0 Å². The first kappa shape index (κ1) is 15.3. The molecule has 1 fully saturated rings. The van der Waals surface area contributed by atoms with Gasteiger partial charge >= 0.3 is 0 Å². The first-order valence-electron chi connectivity index (χ1n) is 8.29. The molecule has 0 spiro atoms. The second-order valence-electron chi connectivity index (χ2n) is 6.34. The molecule has 0 amide bonds. The second-order valence-corrected chi connectivity index (χ2v) is 6.34. The van der Waals surface area contributed by atoms with E-state index in [9.17, 15) is 5.11 Å². The zero-order valence-electron chi connectivity index (χ0n) is 13.2. The van der Waals surface area contributed by atoms with Crippen molar-refractivity contribution in [3.8, 4) is 0 Å². The first-order valence-corrected chi connectivity index (χ1v) is 8.29. The van der Waals surface area contributed by atoms with E-state index in [-0.39, 0.29) is 5.92 Å². The fourth-order valence-electron chi connectivity index (χ4n) is 3.67. The highest BCUT2D eigenvalue weighted by Gasteiger charge is 2.41. The lowest BCUT2D eigenvalue weighted by Gasteiger charge is -2.41. The van der Waals surface area contributed by atoms with Crippen LogP contribution in [0.5, 0.6) is 0 Å². The van der Waals surface area contributed by atoms with Crippen LogP contribution < -0.4 is 5.32 Å². The maximum Gasteiger partial charge on any atom is 0.119 e. The number of hydrogen-bond acceptors (Lipinski definition) is 2. The first-order chi connectivity index (χ1) is 10.7. The third-order valence-electron chi connectivity index (χ3n) is 5.04. The quantitative estimate of drug-likeness (QED) is 0.901. The summed E-state index contributed by atoms with van der Waals surface area (Å²) in [7, 11) is 0.